The van der Waals surface area contributed by atoms with E-state index in [1.54, 1.807) is 0 Å². The predicted molar refractivity (Wildman–Crippen MR) is 101 cm³/mol. The Balaban J connectivity index is 3.01. The van der Waals surface area contributed by atoms with Gasteiger partial charge < -0.3 is 10.8 Å². The first-order valence-corrected chi connectivity index (χ1v) is 8.69. The van der Waals surface area contributed by atoms with Crippen molar-refractivity contribution in [2.45, 2.75) is 71.6 Å². The molecule has 6 nitrogen and oxygen atoms in total. The number of nitrogens with two attached hydrogens (primary N) is 1. The van der Waals surface area contributed by atoms with Crippen molar-refractivity contribution in [2.75, 3.05) is 0 Å². The Morgan fingerprint density at radius 2 is 1.42 bits per heavy atom. The van der Waals surface area contributed by atoms with Crippen LogP contribution in [0.15, 0.2) is 12.1 Å². The maximum atomic E-state index is 11.9. The number of nitrogens with one attached hydrogen (secondary N) is 1. The van der Waals surface area contributed by atoms with Crippen LogP contribution in [0, 0.1) is 0 Å². The van der Waals surface area contributed by atoms with Crippen LogP contribution in [0.2, 0.25) is 0 Å². The topological polar surface area (TPSA) is 109 Å². The molecule has 0 spiro atoms. The van der Waals surface area contributed by atoms with E-state index in [-0.39, 0.29) is 23.0 Å². The Morgan fingerprint density at radius 1 is 0.962 bits per heavy atom. The summed E-state index contributed by atoms with van der Waals surface area (Å²) in [5.41, 5.74) is 6.99. The summed E-state index contributed by atoms with van der Waals surface area (Å²) in [6.07, 6.45) is 0.0118. The molecule has 0 radical (unpaired) electrons. The van der Waals surface area contributed by atoms with E-state index in [9.17, 15) is 19.5 Å². The van der Waals surface area contributed by atoms with Gasteiger partial charge in [-0.05, 0) is 33.9 Å². The molecule has 4 N–H and O–H groups in total. The van der Waals surface area contributed by atoms with Gasteiger partial charge in [-0.1, -0.05) is 53.7 Å². The summed E-state index contributed by atoms with van der Waals surface area (Å²) in [6.45, 7) is 12.1. The van der Waals surface area contributed by atoms with Gasteiger partial charge in [0.15, 0.2) is 0 Å². The van der Waals surface area contributed by atoms with Crippen LogP contribution < -0.4 is 11.1 Å². The fraction of sp³-hybridized carbons (Fsp3) is 0.550. The average Bonchev–Trinajstić information content (AvgIpc) is 2.42. The van der Waals surface area contributed by atoms with E-state index in [1.807, 2.05) is 53.7 Å². The second-order valence-corrected chi connectivity index (χ2v) is 8.65. The Kier molecular flexibility index (Phi) is 6.58. The maximum Gasteiger partial charge on any atom is 0.235 e. The van der Waals surface area contributed by atoms with Gasteiger partial charge in [-0.25, -0.2) is 0 Å². The second-order valence-electron chi connectivity index (χ2n) is 8.65. The average molecular weight is 362 g/mol. The third kappa shape index (κ3) is 6.17. The van der Waals surface area contributed by atoms with Crippen LogP contribution in [0.1, 0.15) is 71.1 Å². The molecule has 0 fully saturated rings. The standard InChI is InChI=1S/C20H30N2O4/c1-19(2,3)13-9-12(10-14(18(13)26)20(4,5)6)7-8-16(24)22-17(25)11-15(21)23/h9-10,26H,7-8,11H2,1-6H3,(H2,21,23)(H,22,24,25). The number of benzene rings is 1. The Labute approximate surface area is 155 Å². The van der Waals surface area contributed by atoms with Crippen molar-refractivity contribution in [3.63, 3.8) is 0 Å². The molecular formula is C20H30N2O4. The number of primary amides is 1. The van der Waals surface area contributed by atoms with Crippen molar-refractivity contribution < 1.29 is 19.5 Å². The second kappa shape index (κ2) is 7.89. The molecule has 6 heteroatoms. The highest BCUT2D eigenvalue weighted by molar-refractivity contribution is 6.03. The highest BCUT2D eigenvalue weighted by Crippen LogP contribution is 2.39. The van der Waals surface area contributed by atoms with Crippen molar-refractivity contribution in [2.24, 2.45) is 5.73 Å². The molecule has 0 aliphatic carbocycles. The van der Waals surface area contributed by atoms with Gasteiger partial charge in [0.2, 0.25) is 17.7 Å². The molecule has 0 saturated carbocycles. The molecular weight excluding hydrogens is 332 g/mol. The fourth-order valence-electron chi connectivity index (χ4n) is 2.66. The van der Waals surface area contributed by atoms with Crippen LogP contribution in [0.3, 0.4) is 0 Å². The van der Waals surface area contributed by atoms with Gasteiger partial charge in [0, 0.05) is 6.42 Å². The molecule has 0 bridgehead atoms. The maximum absolute atomic E-state index is 11.9. The number of imide groups is 1. The molecule has 144 valence electrons. The van der Waals surface area contributed by atoms with Gasteiger partial charge in [-0.3, -0.25) is 19.7 Å². The number of carbonyl (C=O) groups is 3. The van der Waals surface area contributed by atoms with E-state index in [4.69, 9.17) is 5.73 Å². The highest BCUT2D eigenvalue weighted by atomic mass is 16.3. The molecule has 26 heavy (non-hydrogen) atoms. The van der Waals surface area contributed by atoms with Gasteiger partial charge in [-0.2, -0.15) is 0 Å². The molecule has 0 unspecified atom stereocenters. The summed E-state index contributed by atoms with van der Waals surface area (Å²) in [5.74, 6) is -1.65. The smallest absolute Gasteiger partial charge is 0.235 e. The number of hydrogen-bond acceptors (Lipinski definition) is 4. The first-order chi connectivity index (χ1) is 11.7. The number of phenols is 1. The van der Waals surface area contributed by atoms with Crippen molar-refractivity contribution in [3.05, 3.63) is 28.8 Å². The summed E-state index contributed by atoms with van der Waals surface area (Å²) >= 11 is 0. The van der Waals surface area contributed by atoms with Crippen molar-refractivity contribution in [3.8, 4) is 5.75 Å². The largest absolute Gasteiger partial charge is 0.507 e. The number of carbonyl (C=O) groups excluding carboxylic acids is 3. The molecule has 0 aliphatic rings. The minimum absolute atomic E-state index is 0.0996. The van der Waals surface area contributed by atoms with E-state index in [0.29, 0.717) is 6.42 Å². The Bertz CT molecular complexity index is 674. The van der Waals surface area contributed by atoms with Crippen LogP contribution >= 0.6 is 0 Å². The third-order valence-corrected chi connectivity index (χ3v) is 4.04. The fourth-order valence-corrected chi connectivity index (χ4v) is 2.66. The monoisotopic (exact) mass is 362 g/mol. The SMILES string of the molecule is CC(C)(C)c1cc(CCC(=O)NC(=O)CC(N)=O)cc(C(C)(C)C)c1O. The molecule has 0 heterocycles. The van der Waals surface area contributed by atoms with E-state index >= 15 is 0 Å². The lowest BCUT2D eigenvalue weighted by atomic mass is 9.78. The third-order valence-electron chi connectivity index (χ3n) is 4.04. The van der Waals surface area contributed by atoms with Crippen molar-refractivity contribution >= 4 is 17.7 Å². The van der Waals surface area contributed by atoms with Gasteiger partial charge in [0.1, 0.15) is 12.2 Å². The summed E-state index contributed by atoms with van der Waals surface area (Å²) in [5, 5.41) is 12.9. The minimum Gasteiger partial charge on any atom is -0.507 e. The van der Waals surface area contributed by atoms with Crippen LogP contribution in [0.4, 0.5) is 0 Å². The zero-order valence-corrected chi connectivity index (χ0v) is 16.5. The van der Waals surface area contributed by atoms with Crippen LogP contribution in [0.5, 0.6) is 5.75 Å². The lowest BCUT2D eigenvalue weighted by Crippen LogP contribution is -2.33. The normalized spacial score (nSPS) is 11.9. The van der Waals surface area contributed by atoms with Crippen molar-refractivity contribution in [1.82, 2.24) is 5.32 Å². The van der Waals surface area contributed by atoms with E-state index in [2.05, 4.69) is 5.32 Å². The molecule has 0 atom stereocenters. The lowest BCUT2D eigenvalue weighted by Gasteiger charge is -2.28. The van der Waals surface area contributed by atoms with Crippen LogP contribution in [0.25, 0.3) is 0 Å². The number of aromatic hydroxyl groups is 1. The zero-order chi connectivity index (χ0) is 20.3. The lowest BCUT2D eigenvalue weighted by molar-refractivity contribution is -0.132. The summed E-state index contributed by atoms with van der Waals surface area (Å²) in [7, 11) is 0. The predicted octanol–water partition coefficient (Wildman–Crippen LogP) is 2.44. The summed E-state index contributed by atoms with van der Waals surface area (Å²) in [6, 6.07) is 3.81. The number of amides is 3. The van der Waals surface area contributed by atoms with E-state index in [0.717, 1.165) is 16.7 Å². The zero-order valence-electron chi connectivity index (χ0n) is 16.5. The number of hydrogen-bond donors (Lipinski definition) is 3. The number of phenolic OH excluding ortho intramolecular Hbond substituents is 1. The molecule has 0 aliphatic heterocycles. The summed E-state index contributed by atoms with van der Waals surface area (Å²) < 4.78 is 0. The number of rotatable bonds is 5. The molecule has 1 aromatic carbocycles. The van der Waals surface area contributed by atoms with Crippen LogP contribution in [-0.2, 0) is 31.6 Å². The van der Waals surface area contributed by atoms with Crippen molar-refractivity contribution in [1.29, 1.82) is 0 Å². The molecule has 1 rings (SSSR count). The molecule has 3 amide bonds. The minimum atomic E-state index is -0.779. The van der Waals surface area contributed by atoms with E-state index < -0.39 is 24.1 Å². The Hall–Kier alpha value is -2.37. The molecule has 1 aromatic rings. The van der Waals surface area contributed by atoms with Gasteiger partial charge >= 0.3 is 0 Å². The number of aryl methyl sites for hydroxylation is 1. The first kappa shape index (κ1) is 21.7. The quantitative estimate of drug-likeness (QED) is 0.699. The summed E-state index contributed by atoms with van der Waals surface area (Å²) in [4.78, 5) is 34.0. The van der Waals surface area contributed by atoms with Crippen LogP contribution in [-0.4, -0.2) is 22.8 Å². The van der Waals surface area contributed by atoms with Gasteiger partial charge in [0.25, 0.3) is 0 Å². The first-order valence-electron chi connectivity index (χ1n) is 8.69. The van der Waals surface area contributed by atoms with Gasteiger partial charge in [0.05, 0.1) is 0 Å². The molecule has 0 aromatic heterocycles. The van der Waals surface area contributed by atoms with E-state index in [1.165, 1.54) is 0 Å². The Morgan fingerprint density at radius 3 is 1.81 bits per heavy atom. The molecule has 0 saturated heterocycles. The van der Waals surface area contributed by atoms with Gasteiger partial charge in [-0.15, -0.1) is 0 Å². The highest BCUT2D eigenvalue weighted by Gasteiger charge is 2.26.